The van der Waals surface area contributed by atoms with E-state index in [-0.39, 0.29) is 4.90 Å². The maximum absolute atomic E-state index is 12.5. The SMILES string of the molecule is O=S(=O)(Nc1nccs1)c1ccc(N=Nn2c(=S)c(-c3cnoc3)nc3ccccc32)cc1. The molecule has 0 amide bonds. The van der Waals surface area contributed by atoms with Gasteiger partial charge >= 0.3 is 0 Å². The zero-order chi connectivity index (χ0) is 22.8. The monoisotopic (exact) mass is 495 g/mol. The summed E-state index contributed by atoms with van der Waals surface area (Å²) in [5, 5.41) is 14.2. The first-order valence-electron chi connectivity index (χ1n) is 9.37. The van der Waals surface area contributed by atoms with E-state index in [0.717, 1.165) is 0 Å². The molecular weight excluding hydrogens is 482 g/mol. The molecule has 3 aromatic heterocycles. The second kappa shape index (κ2) is 8.61. The topological polar surface area (TPSA) is 128 Å². The van der Waals surface area contributed by atoms with Gasteiger partial charge in [0.25, 0.3) is 10.0 Å². The summed E-state index contributed by atoms with van der Waals surface area (Å²) < 4.78 is 34.2. The Bertz CT molecular complexity index is 1610. The normalized spacial score (nSPS) is 11.9. The van der Waals surface area contributed by atoms with Crippen LogP contribution >= 0.6 is 23.6 Å². The Morgan fingerprint density at radius 3 is 2.67 bits per heavy atom. The minimum Gasteiger partial charge on any atom is -0.364 e. The number of nitrogens with zero attached hydrogens (tertiary/aromatic N) is 6. The summed E-state index contributed by atoms with van der Waals surface area (Å²) in [5.74, 6) is 0. The van der Waals surface area contributed by atoms with Gasteiger partial charge in [-0.25, -0.2) is 18.4 Å². The molecule has 0 fully saturated rings. The predicted octanol–water partition coefficient (Wildman–Crippen LogP) is 5.23. The number of hydrogen-bond acceptors (Lipinski definition) is 10. The third-order valence-corrected chi connectivity index (χ3v) is 7.03. The predicted molar refractivity (Wildman–Crippen MR) is 125 cm³/mol. The van der Waals surface area contributed by atoms with E-state index in [1.807, 2.05) is 24.3 Å². The number of hydrogen-bond donors (Lipinski definition) is 1. The Kier molecular flexibility index (Phi) is 5.50. The molecule has 0 aliphatic rings. The molecule has 10 nitrogen and oxygen atoms in total. The molecule has 164 valence electrons. The molecule has 2 aromatic carbocycles. The van der Waals surface area contributed by atoms with E-state index in [2.05, 4.69) is 30.2 Å². The Morgan fingerprint density at radius 1 is 1.12 bits per heavy atom. The van der Waals surface area contributed by atoms with Crippen LogP contribution in [-0.2, 0) is 10.0 Å². The van der Waals surface area contributed by atoms with Crippen molar-refractivity contribution in [3.8, 4) is 11.3 Å². The van der Waals surface area contributed by atoms with Crippen LogP contribution in [0, 0.1) is 4.64 Å². The van der Waals surface area contributed by atoms with Crippen LogP contribution in [0.25, 0.3) is 22.3 Å². The molecule has 5 aromatic rings. The van der Waals surface area contributed by atoms with Gasteiger partial charge in [0.1, 0.15) is 12.0 Å². The van der Waals surface area contributed by atoms with E-state index in [1.165, 1.54) is 46.8 Å². The summed E-state index contributed by atoms with van der Waals surface area (Å²) in [6.45, 7) is 0. The van der Waals surface area contributed by atoms with Gasteiger partial charge in [0, 0.05) is 11.6 Å². The average molecular weight is 496 g/mol. The first-order valence-corrected chi connectivity index (χ1v) is 12.1. The molecule has 0 aliphatic carbocycles. The van der Waals surface area contributed by atoms with Crippen molar-refractivity contribution in [1.82, 2.24) is 19.8 Å². The van der Waals surface area contributed by atoms with Crippen molar-refractivity contribution >= 4 is 55.4 Å². The first kappa shape index (κ1) is 21.1. The number of rotatable bonds is 6. The molecule has 0 atom stereocenters. The fourth-order valence-corrected chi connectivity index (χ4v) is 5.04. The van der Waals surface area contributed by atoms with Crippen molar-refractivity contribution in [3.63, 3.8) is 0 Å². The van der Waals surface area contributed by atoms with E-state index in [0.29, 0.717) is 37.8 Å². The lowest BCUT2D eigenvalue weighted by Crippen LogP contribution is -2.12. The maximum atomic E-state index is 12.5. The zero-order valence-corrected chi connectivity index (χ0v) is 19.0. The molecule has 0 radical (unpaired) electrons. The van der Waals surface area contributed by atoms with Gasteiger partial charge < -0.3 is 4.52 Å². The van der Waals surface area contributed by atoms with Crippen LogP contribution in [0.5, 0.6) is 0 Å². The number of sulfonamides is 1. The van der Waals surface area contributed by atoms with E-state index in [4.69, 9.17) is 16.7 Å². The largest absolute Gasteiger partial charge is 0.364 e. The molecule has 0 bridgehead atoms. The van der Waals surface area contributed by atoms with E-state index < -0.39 is 10.0 Å². The minimum absolute atomic E-state index is 0.0809. The number of aromatic nitrogens is 4. The third kappa shape index (κ3) is 4.28. The lowest BCUT2D eigenvalue weighted by molar-refractivity contribution is 0.420. The summed E-state index contributed by atoms with van der Waals surface area (Å²) >= 11 is 6.79. The highest BCUT2D eigenvalue weighted by Crippen LogP contribution is 2.25. The van der Waals surface area contributed by atoms with Crippen molar-refractivity contribution in [2.75, 3.05) is 4.72 Å². The van der Waals surface area contributed by atoms with Crippen molar-refractivity contribution in [1.29, 1.82) is 0 Å². The van der Waals surface area contributed by atoms with E-state index in [9.17, 15) is 8.42 Å². The lowest BCUT2D eigenvalue weighted by atomic mass is 10.2. The average Bonchev–Trinajstić information content (AvgIpc) is 3.53. The quantitative estimate of drug-likeness (QED) is 0.252. The molecule has 5 rings (SSSR count). The number of fused-ring (bicyclic) bond motifs is 1. The summed E-state index contributed by atoms with van der Waals surface area (Å²) in [7, 11) is -3.75. The molecule has 3 heterocycles. The maximum Gasteiger partial charge on any atom is 0.263 e. The minimum atomic E-state index is -3.75. The van der Waals surface area contributed by atoms with Crippen molar-refractivity contribution in [3.05, 3.63) is 77.2 Å². The Balaban J connectivity index is 1.49. The number of nitrogens with one attached hydrogen (secondary N) is 1. The number of anilines is 1. The second-order valence-corrected chi connectivity index (χ2v) is 9.57. The van der Waals surface area contributed by atoms with E-state index in [1.54, 1.807) is 17.5 Å². The van der Waals surface area contributed by atoms with Crippen LogP contribution in [-0.4, -0.2) is 28.2 Å². The Morgan fingerprint density at radius 2 is 1.94 bits per heavy atom. The molecule has 1 N–H and O–H groups in total. The number of thiazole rings is 1. The Labute approximate surface area is 196 Å². The number of benzene rings is 2. The lowest BCUT2D eigenvalue weighted by Gasteiger charge is -2.08. The number of para-hydroxylation sites is 2. The highest BCUT2D eigenvalue weighted by molar-refractivity contribution is 7.93. The van der Waals surface area contributed by atoms with Gasteiger partial charge in [0.05, 0.1) is 33.4 Å². The van der Waals surface area contributed by atoms with E-state index >= 15 is 0 Å². The van der Waals surface area contributed by atoms with Crippen LogP contribution in [0.2, 0.25) is 0 Å². The van der Waals surface area contributed by atoms with Gasteiger partial charge in [-0.2, -0.15) is 4.68 Å². The Hall–Kier alpha value is -3.81. The standard InChI is InChI=1S/C20H13N7O3S3/c28-33(29,25-20-21-9-10-32-20)15-7-5-14(6-8-15)24-26-27-17-4-2-1-3-16(17)23-18(19(27)31)13-11-22-30-12-13/h1-12H,(H,21,25). The van der Waals surface area contributed by atoms with Crippen LogP contribution in [0.1, 0.15) is 0 Å². The second-order valence-electron chi connectivity index (χ2n) is 6.61. The van der Waals surface area contributed by atoms with Gasteiger partial charge in [0.15, 0.2) is 9.77 Å². The van der Waals surface area contributed by atoms with Gasteiger partial charge in [-0.05, 0) is 36.4 Å². The fourth-order valence-electron chi connectivity index (χ4n) is 2.95. The van der Waals surface area contributed by atoms with Gasteiger partial charge in [-0.3, -0.25) is 4.72 Å². The summed E-state index contributed by atoms with van der Waals surface area (Å²) in [5.41, 5.74) is 2.88. The molecule has 0 saturated heterocycles. The van der Waals surface area contributed by atoms with Crippen LogP contribution in [0.4, 0.5) is 10.8 Å². The smallest absolute Gasteiger partial charge is 0.263 e. The molecule has 13 heteroatoms. The molecule has 0 unspecified atom stereocenters. The van der Waals surface area contributed by atoms with Crippen molar-refractivity contribution in [2.24, 2.45) is 10.3 Å². The van der Waals surface area contributed by atoms with Gasteiger partial charge in [-0.15, -0.1) is 16.5 Å². The summed E-state index contributed by atoms with van der Waals surface area (Å²) in [6, 6.07) is 13.3. The molecular formula is C20H13N7O3S3. The zero-order valence-electron chi connectivity index (χ0n) is 16.6. The molecule has 0 spiro atoms. The highest BCUT2D eigenvalue weighted by atomic mass is 32.2. The molecule has 0 saturated carbocycles. The first-order chi connectivity index (χ1) is 16.0. The van der Waals surface area contributed by atoms with Crippen LogP contribution in [0.15, 0.2) is 92.3 Å². The van der Waals surface area contributed by atoms with Crippen LogP contribution in [0.3, 0.4) is 0 Å². The van der Waals surface area contributed by atoms with Crippen LogP contribution < -0.4 is 4.72 Å². The molecule has 0 aliphatic heterocycles. The van der Waals surface area contributed by atoms with Crippen molar-refractivity contribution < 1.29 is 12.9 Å². The highest BCUT2D eigenvalue weighted by Gasteiger charge is 2.15. The third-order valence-electron chi connectivity index (χ3n) is 4.49. The summed E-state index contributed by atoms with van der Waals surface area (Å²) in [4.78, 5) is 8.61. The van der Waals surface area contributed by atoms with Gasteiger partial charge in [0.2, 0.25) is 0 Å². The molecule has 33 heavy (non-hydrogen) atoms. The van der Waals surface area contributed by atoms with Crippen molar-refractivity contribution in [2.45, 2.75) is 4.90 Å². The van der Waals surface area contributed by atoms with Gasteiger partial charge in [-0.1, -0.05) is 34.7 Å². The fraction of sp³-hybridized carbons (Fsp3) is 0. The summed E-state index contributed by atoms with van der Waals surface area (Å²) in [6.07, 6.45) is 4.50.